The fourth-order valence-corrected chi connectivity index (χ4v) is 4.02. The lowest BCUT2D eigenvalue weighted by molar-refractivity contribution is -0.127. The minimum atomic E-state index is -0.389. The lowest BCUT2D eigenvalue weighted by atomic mass is 10.2. The highest BCUT2D eigenvalue weighted by Gasteiger charge is 2.21. The standard InChI is InChI=1S/C20H20ClN3O2S/c1-12-6-5-7-15(10-12)24-19(26)16-9-8-14(21)11-17(16)22-20(24)27-13(2)18(25)23(3)4/h5-11,13H,1-4H3. The summed E-state index contributed by atoms with van der Waals surface area (Å²) >= 11 is 7.34. The molecule has 0 radical (unpaired) electrons. The van der Waals surface area contributed by atoms with Gasteiger partial charge in [0.1, 0.15) is 0 Å². The molecular weight excluding hydrogens is 382 g/mol. The Kier molecular flexibility index (Phi) is 5.58. The van der Waals surface area contributed by atoms with E-state index in [0.29, 0.717) is 21.1 Å². The van der Waals surface area contributed by atoms with Gasteiger partial charge >= 0.3 is 0 Å². The van der Waals surface area contributed by atoms with Gasteiger partial charge in [-0.2, -0.15) is 0 Å². The van der Waals surface area contributed by atoms with Crippen molar-refractivity contribution in [3.63, 3.8) is 0 Å². The first-order valence-corrected chi connectivity index (χ1v) is 9.71. The van der Waals surface area contributed by atoms with Crippen LogP contribution in [0.5, 0.6) is 0 Å². The maximum atomic E-state index is 13.2. The molecule has 0 bridgehead atoms. The van der Waals surface area contributed by atoms with Crippen LogP contribution in [0.3, 0.4) is 0 Å². The van der Waals surface area contributed by atoms with Gasteiger partial charge in [-0.05, 0) is 49.7 Å². The van der Waals surface area contributed by atoms with Crippen molar-refractivity contribution in [2.45, 2.75) is 24.3 Å². The van der Waals surface area contributed by atoms with Crippen LogP contribution < -0.4 is 5.56 Å². The Labute approximate surface area is 167 Å². The van der Waals surface area contributed by atoms with E-state index in [4.69, 9.17) is 11.6 Å². The summed E-state index contributed by atoms with van der Waals surface area (Å²) in [5.41, 5.74) is 2.08. The Bertz CT molecular complexity index is 1080. The van der Waals surface area contributed by atoms with Crippen molar-refractivity contribution in [3.05, 3.63) is 63.4 Å². The number of carbonyl (C=O) groups excluding carboxylic acids is 1. The van der Waals surface area contributed by atoms with Crippen molar-refractivity contribution >= 4 is 40.2 Å². The van der Waals surface area contributed by atoms with Gasteiger partial charge in [0.05, 0.1) is 21.8 Å². The number of benzene rings is 2. The van der Waals surface area contributed by atoms with Gasteiger partial charge in [-0.15, -0.1) is 0 Å². The molecule has 0 N–H and O–H groups in total. The van der Waals surface area contributed by atoms with Gasteiger partial charge in [-0.3, -0.25) is 14.2 Å². The molecule has 0 saturated carbocycles. The third kappa shape index (κ3) is 4.01. The Morgan fingerprint density at radius 1 is 1.22 bits per heavy atom. The van der Waals surface area contributed by atoms with Crippen LogP contribution in [-0.4, -0.2) is 39.7 Å². The van der Waals surface area contributed by atoms with E-state index in [0.717, 1.165) is 11.3 Å². The number of hydrogen-bond acceptors (Lipinski definition) is 4. The maximum Gasteiger partial charge on any atom is 0.266 e. The molecule has 0 saturated heterocycles. The predicted octanol–water partition coefficient (Wildman–Crippen LogP) is 3.92. The highest BCUT2D eigenvalue weighted by atomic mass is 35.5. The van der Waals surface area contributed by atoms with Crippen LogP contribution in [0.2, 0.25) is 5.02 Å². The minimum Gasteiger partial charge on any atom is -0.348 e. The van der Waals surface area contributed by atoms with E-state index in [1.54, 1.807) is 36.9 Å². The zero-order valence-corrected chi connectivity index (χ0v) is 17.1. The van der Waals surface area contributed by atoms with Gasteiger partial charge in [-0.25, -0.2) is 4.98 Å². The molecule has 27 heavy (non-hydrogen) atoms. The third-order valence-corrected chi connectivity index (χ3v) is 5.41. The first-order valence-electron chi connectivity index (χ1n) is 8.45. The van der Waals surface area contributed by atoms with Crippen molar-refractivity contribution in [2.24, 2.45) is 0 Å². The van der Waals surface area contributed by atoms with Gasteiger partial charge in [0.25, 0.3) is 5.56 Å². The van der Waals surface area contributed by atoms with Crippen LogP contribution in [0.1, 0.15) is 12.5 Å². The number of nitrogens with zero attached hydrogens (tertiary/aromatic N) is 3. The minimum absolute atomic E-state index is 0.0452. The van der Waals surface area contributed by atoms with E-state index in [1.807, 2.05) is 38.1 Å². The number of halogens is 1. The molecule has 3 aromatic rings. The average Bonchev–Trinajstić information content (AvgIpc) is 2.60. The lowest BCUT2D eigenvalue weighted by Crippen LogP contribution is -2.31. The second-order valence-electron chi connectivity index (χ2n) is 6.53. The SMILES string of the molecule is Cc1cccc(-n2c(SC(C)C(=O)N(C)C)nc3cc(Cl)ccc3c2=O)c1. The third-order valence-electron chi connectivity index (χ3n) is 4.13. The zero-order chi connectivity index (χ0) is 19.7. The maximum absolute atomic E-state index is 13.2. The number of thioether (sulfide) groups is 1. The van der Waals surface area contributed by atoms with Gasteiger partial charge in [0.15, 0.2) is 5.16 Å². The Hall–Kier alpha value is -2.31. The van der Waals surface area contributed by atoms with Gasteiger partial charge in [0.2, 0.25) is 5.91 Å². The molecular formula is C20H20ClN3O2S. The quantitative estimate of drug-likeness (QED) is 0.491. The molecule has 3 rings (SSSR count). The monoisotopic (exact) mass is 401 g/mol. The van der Waals surface area contributed by atoms with Crippen LogP contribution in [0.25, 0.3) is 16.6 Å². The first kappa shape index (κ1) is 19.5. The smallest absolute Gasteiger partial charge is 0.266 e. The molecule has 1 amide bonds. The number of aromatic nitrogens is 2. The number of fused-ring (bicyclic) bond motifs is 1. The van der Waals surface area contributed by atoms with E-state index in [-0.39, 0.29) is 16.7 Å². The molecule has 1 aromatic heterocycles. The molecule has 1 unspecified atom stereocenters. The number of carbonyl (C=O) groups is 1. The van der Waals surface area contributed by atoms with Crippen molar-refractivity contribution < 1.29 is 4.79 Å². The largest absolute Gasteiger partial charge is 0.348 e. The molecule has 5 nitrogen and oxygen atoms in total. The van der Waals surface area contributed by atoms with Gasteiger partial charge < -0.3 is 4.90 Å². The Morgan fingerprint density at radius 2 is 1.96 bits per heavy atom. The number of rotatable bonds is 4. The Balaban J connectivity index is 2.24. The molecule has 0 spiro atoms. The van der Waals surface area contributed by atoms with E-state index in [9.17, 15) is 9.59 Å². The molecule has 1 heterocycles. The molecule has 0 aliphatic heterocycles. The van der Waals surface area contributed by atoms with Crippen LogP contribution in [0.15, 0.2) is 52.4 Å². The molecule has 140 valence electrons. The highest BCUT2D eigenvalue weighted by Crippen LogP contribution is 2.27. The summed E-state index contributed by atoms with van der Waals surface area (Å²) in [6.45, 7) is 3.77. The summed E-state index contributed by atoms with van der Waals surface area (Å²) in [6, 6.07) is 12.7. The van der Waals surface area contributed by atoms with Crippen LogP contribution in [0, 0.1) is 6.92 Å². The zero-order valence-electron chi connectivity index (χ0n) is 15.6. The summed E-state index contributed by atoms with van der Waals surface area (Å²) in [4.78, 5) is 31.7. The number of aryl methyl sites for hydroxylation is 1. The normalized spacial score (nSPS) is 12.2. The second-order valence-corrected chi connectivity index (χ2v) is 8.27. The van der Waals surface area contributed by atoms with Gasteiger partial charge in [0, 0.05) is 19.1 Å². The predicted molar refractivity (Wildman–Crippen MR) is 111 cm³/mol. The van der Waals surface area contributed by atoms with Crippen molar-refractivity contribution in [1.82, 2.24) is 14.5 Å². The van der Waals surface area contributed by atoms with E-state index >= 15 is 0 Å². The van der Waals surface area contributed by atoms with Gasteiger partial charge in [-0.1, -0.05) is 35.5 Å². The summed E-state index contributed by atoms with van der Waals surface area (Å²) < 4.78 is 1.56. The molecule has 1 atom stereocenters. The topological polar surface area (TPSA) is 55.2 Å². The first-order chi connectivity index (χ1) is 12.8. The summed E-state index contributed by atoms with van der Waals surface area (Å²) in [6.07, 6.45) is 0. The number of amides is 1. The van der Waals surface area contributed by atoms with Crippen molar-refractivity contribution in [1.29, 1.82) is 0 Å². The molecule has 0 fully saturated rings. The highest BCUT2D eigenvalue weighted by molar-refractivity contribution is 8.00. The summed E-state index contributed by atoms with van der Waals surface area (Å²) in [5.74, 6) is -0.0452. The fraction of sp³-hybridized carbons (Fsp3) is 0.250. The summed E-state index contributed by atoms with van der Waals surface area (Å²) in [7, 11) is 3.42. The van der Waals surface area contributed by atoms with E-state index < -0.39 is 0 Å². The molecule has 0 aliphatic rings. The second kappa shape index (κ2) is 7.74. The van der Waals surface area contributed by atoms with Crippen molar-refractivity contribution in [3.8, 4) is 5.69 Å². The lowest BCUT2D eigenvalue weighted by Gasteiger charge is -2.19. The summed E-state index contributed by atoms with van der Waals surface area (Å²) in [5, 5.41) is 1.07. The van der Waals surface area contributed by atoms with Crippen LogP contribution in [-0.2, 0) is 4.79 Å². The van der Waals surface area contributed by atoms with E-state index in [1.165, 1.54) is 16.7 Å². The number of hydrogen-bond donors (Lipinski definition) is 0. The molecule has 2 aromatic carbocycles. The average molecular weight is 402 g/mol. The molecule has 0 aliphatic carbocycles. The van der Waals surface area contributed by atoms with Crippen molar-refractivity contribution in [2.75, 3.05) is 14.1 Å². The fourth-order valence-electron chi connectivity index (χ4n) is 2.78. The van der Waals surface area contributed by atoms with Crippen LogP contribution in [0.4, 0.5) is 0 Å². The van der Waals surface area contributed by atoms with Crippen LogP contribution >= 0.6 is 23.4 Å². The van der Waals surface area contributed by atoms with E-state index in [2.05, 4.69) is 4.98 Å². The Morgan fingerprint density at radius 3 is 2.63 bits per heavy atom. The molecule has 7 heteroatoms.